The standard InChI is InChI=1S/C17H33NO/c1-3-15-9-11-17(19,12-10-15)13-18-16-6-4-5-14(2)7-8-16/h14-16,18-19H,3-13H2,1-2H3. The van der Waals surface area contributed by atoms with Crippen molar-refractivity contribution in [1.29, 1.82) is 0 Å². The molecule has 2 aliphatic rings. The van der Waals surface area contributed by atoms with Gasteiger partial charge in [0.2, 0.25) is 0 Å². The second-order valence-corrected chi connectivity index (χ2v) is 7.27. The number of nitrogens with one attached hydrogen (secondary N) is 1. The van der Waals surface area contributed by atoms with Gasteiger partial charge in [0, 0.05) is 12.6 Å². The summed E-state index contributed by atoms with van der Waals surface area (Å²) < 4.78 is 0. The quantitative estimate of drug-likeness (QED) is 0.758. The highest BCUT2D eigenvalue weighted by Gasteiger charge is 2.33. The van der Waals surface area contributed by atoms with Crippen molar-refractivity contribution < 1.29 is 5.11 Å². The molecule has 19 heavy (non-hydrogen) atoms. The Bertz CT molecular complexity index is 258. The van der Waals surface area contributed by atoms with E-state index in [0.717, 1.165) is 31.2 Å². The fourth-order valence-corrected chi connectivity index (χ4v) is 3.83. The van der Waals surface area contributed by atoms with Gasteiger partial charge in [-0.3, -0.25) is 0 Å². The van der Waals surface area contributed by atoms with Gasteiger partial charge < -0.3 is 10.4 Å². The van der Waals surface area contributed by atoms with E-state index in [4.69, 9.17) is 0 Å². The third-order valence-corrected chi connectivity index (χ3v) is 5.59. The first-order chi connectivity index (χ1) is 9.11. The van der Waals surface area contributed by atoms with Crippen molar-refractivity contribution in [1.82, 2.24) is 5.32 Å². The minimum Gasteiger partial charge on any atom is -0.389 e. The molecule has 2 rings (SSSR count). The van der Waals surface area contributed by atoms with Gasteiger partial charge in [-0.25, -0.2) is 0 Å². The average molecular weight is 267 g/mol. The summed E-state index contributed by atoms with van der Waals surface area (Å²) in [5, 5.41) is 14.4. The van der Waals surface area contributed by atoms with Crippen molar-refractivity contribution in [3.8, 4) is 0 Å². The number of rotatable bonds is 4. The normalized spacial score (nSPS) is 40.9. The molecule has 0 aromatic rings. The zero-order chi connectivity index (χ0) is 13.7. The van der Waals surface area contributed by atoms with Crippen LogP contribution in [0.25, 0.3) is 0 Å². The summed E-state index contributed by atoms with van der Waals surface area (Å²) in [5.41, 5.74) is -0.413. The van der Waals surface area contributed by atoms with Crippen LogP contribution >= 0.6 is 0 Å². The second kappa shape index (κ2) is 7.08. The molecule has 2 heteroatoms. The van der Waals surface area contributed by atoms with Crippen LogP contribution in [0.2, 0.25) is 0 Å². The van der Waals surface area contributed by atoms with Gasteiger partial charge in [0.05, 0.1) is 5.60 Å². The van der Waals surface area contributed by atoms with E-state index in [0.29, 0.717) is 6.04 Å². The van der Waals surface area contributed by atoms with Crippen molar-refractivity contribution in [2.24, 2.45) is 11.8 Å². The molecule has 0 aliphatic heterocycles. The Labute approximate surface area is 119 Å². The SMILES string of the molecule is CCC1CCC(O)(CNC2CCCC(C)CC2)CC1. The predicted octanol–water partition coefficient (Wildman–Crippen LogP) is 3.88. The summed E-state index contributed by atoms with van der Waals surface area (Å²) in [7, 11) is 0. The minimum absolute atomic E-state index is 0.413. The maximum Gasteiger partial charge on any atom is 0.0771 e. The van der Waals surface area contributed by atoms with Gasteiger partial charge in [0.25, 0.3) is 0 Å². The van der Waals surface area contributed by atoms with Gasteiger partial charge in [-0.1, -0.05) is 33.1 Å². The summed E-state index contributed by atoms with van der Waals surface area (Å²) in [6.45, 7) is 5.48. The highest BCUT2D eigenvalue weighted by molar-refractivity contribution is 4.88. The molecule has 0 aromatic carbocycles. The van der Waals surface area contributed by atoms with Crippen molar-refractivity contribution in [3.05, 3.63) is 0 Å². The van der Waals surface area contributed by atoms with E-state index in [1.807, 2.05) is 0 Å². The molecule has 0 spiro atoms. The van der Waals surface area contributed by atoms with Crippen LogP contribution in [0.4, 0.5) is 0 Å². The summed E-state index contributed by atoms with van der Waals surface area (Å²) in [5.74, 6) is 1.76. The highest BCUT2D eigenvalue weighted by atomic mass is 16.3. The van der Waals surface area contributed by atoms with Crippen LogP contribution in [0.5, 0.6) is 0 Å². The van der Waals surface area contributed by atoms with Crippen LogP contribution in [0, 0.1) is 11.8 Å². The first-order valence-corrected chi connectivity index (χ1v) is 8.57. The molecule has 0 radical (unpaired) electrons. The Morgan fingerprint density at radius 1 is 1.05 bits per heavy atom. The molecule has 0 bridgehead atoms. The van der Waals surface area contributed by atoms with Gasteiger partial charge in [0.15, 0.2) is 0 Å². The highest BCUT2D eigenvalue weighted by Crippen LogP contribution is 2.33. The van der Waals surface area contributed by atoms with E-state index < -0.39 is 5.60 Å². The molecule has 2 unspecified atom stereocenters. The monoisotopic (exact) mass is 267 g/mol. The van der Waals surface area contributed by atoms with E-state index in [9.17, 15) is 5.11 Å². The second-order valence-electron chi connectivity index (χ2n) is 7.27. The molecule has 2 fully saturated rings. The maximum atomic E-state index is 10.7. The molecule has 2 atom stereocenters. The molecule has 0 saturated heterocycles. The zero-order valence-electron chi connectivity index (χ0n) is 13.0. The maximum absolute atomic E-state index is 10.7. The number of hydrogen-bond acceptors (Lipinski definition) is 2. The molecule has 2 aliphatic carbocycles. The Kier molecular flexibility index (Phi) is 5.70. The summed E-state index contributed by atoms with van der Waals surface area (Å²) in [6, 6.07) is 0.651. The number of aliphatic hydroxyl groups is 1. The first kappa shape index (κ1) is 15.3. The summed E-state index contributed by atoms with van der Waals surface area (Å²) in [4.78, 5) is 0. The van der Waals surface area contributed by atoms with Gasteiger partial charge in [-0.2, -0.15) is 0 Å². The third kappa shape index (κ3) is 4.75. The largest absolute Gasteiger partial charge is 0.389 e. The fraction of sp³-hybridized carbons (Fsp3) is 1.00. The van der Waals surface area contributed by atoms with E-state index >= 15 is 0 Å². The summed E-state index contributed by atoms with van der Waals surface area (Å²) >= 11 is 0. The van der Waals surface area contributed by atoms with Crippen molar-refractivity contribution in [2.75, 3.05) is 6.54 Å². The topological polar surface area (TPSA) is 32.3 Å². The van der Waals surface area contributed by atoms with Crippen LogP contribution in [-0.2, 0) is 0 Å². The molecule has 0 aromatic heterocycles. The van der Waals surface area contributed by atoms with Crippen LogP contribution < -0.4 is 5.32 Å². The van der Waals surface area contributed by atoms with Crippen LogP contribution in [0.1, 0.15) is 78.1 Å². The Balaban J connectivity index is 1.72. The average Bonchev–Trinajstić information content (AvgIpc) is 2.62. The number of hydrogen-bond donors (Lipinski definition) is 2. The van der Waals surface area contributed by atoms with Crippen molar-refractivity contribution in [3.63, 3.8) is 0 Å². The van der Waals surface area contributed by atoms with Gasteiger partial charge in [0.1, 0.15) is 0 Å². The fourth-order valence-electron chi connectivity index (χ4n) is 3.83. The molecule has 2 N–H and O–H groups in total. The van der Waals surface area contributed by atoms with E-state index in [1.54, 1.807) is 0 Å². The first-order valence-electron chi connectivity index (χ1n) is 8.57. The molecular weight excluding hydrogens is 234 g/mol. The molecule has 0 heterocycles. The van der Waals surface area contributed by atoms with Gasteiger partial charge >= 0.3 is 0 Å². The van der Waals surface area contributed by atoms with Gasteiger partial charge in [-0.05, 0) is 56.8 Å². The zero-order valence-corrected chi connectivity index (χ0v) is 13.0. The van der Waals surface area contributed by atoms with Crippen molar-refractivity contribution >= 4 is 0 Å². The smallest absolute Gasteiger partial charge is 0.0771 e. The molecular formula is C17H33NO. The van der Waals surface area contributed by atoms with Crippen molar-refractivity contribution in [2.45, 2.75) is 89.7 Å². The Morgan fingerprint density at radius 3 is 2.47 bits per heavy atom. The van der Waals surface area contributed by atoms with Crippen LogP contribution in [0.3, 0.4) is 0 Å². The molecule has 2 saturated carbocycles. The molecule has 112 valence electrons. The Hall–Kier alpha value is -0.0800. The van der Waals surface area contributed by atoms with Gasteiger partial charge in [-0.15, -0.1) is 0 Å². The lowest BCUT2D eigenvalue weighted by molar-refractivity contribution is -0.0110. The lowest BCUT2D eigenvalue weighted by atomic mass is 9.77. The molecule has 2 nitrogen and oxygen atoms in total. The van der Waals surface area contributed by atoms with E-state index in [2.05, 4.69) is 19.2 Å². The minimum atomic E-state index is -0.413. The predicted molar refractivity (Wildman–Crippen MR) is 81.2 cm³/mol. The molecule has 0 amide bonds. The third-order valence-electron chi connectivity index (χ3n) is 5.59. The van der Waals surface area contributed by atoms with Crippen LogP contribution in [0.15, 0.2) is 0 Å². The lowest BCUT2D eigenvalue weighted by Gasteiger charge is -2.37. The van der Waals surface area contributed by atoms with E-state index in [-0.39, 0.29) is 0 Å². The lowest BCUT2D eigenvalue weighted by Crippen LogP contribution is -2.46. The van der Waals surface area contributed by atoms with E-state index in [1.165, 1.54) is 51.4 Å². The van der Waals surface area contributed by atoms with Crippen LogP contribution in [-0.4, -0.2) is 23.3 Å². The summed E-state index contributed by atoms with van der Waals surface area (Å²) in [6.07, 6.45) is 12.4. The Morgan fingerprint density at radius 2 is 1.79 bits per heavy atom.